The van der Waals surface area contributed by atoms with Crippen molar-refractivity contribution in [3.05, 3.63) is 77.9 Å². The fourth-order valence-corrected chi connectivity index (χ4v) is 3.47. The fraction of sp³-hybridized carbons (Fsp3) is 0.208. The molecule has 0 radical (unpaired) electrons. The minimum atomic E-state index is 0.0864. The minimum Gasteiger partial charge on any atom is -0.248 e. The van der Waals surface area contributed by atoms with Gasteiger partial charge in [-0.05, 0) is 58.5 Å². The SMILES string of the molecule is Cc1ccc2ccc(-c3cc(C(C)(C)C)c4ccccc4c3)nc2c1. The molecule has 0 aliphatic rings. The van der Waals surface area contributed by atoms with Gasteiger partial charge in [-0.1, -0.05) is 63.2 Å². The number of fused-ring (bicyclic) bond motifs is 2. The van der Waals surface area contributed by atoms with Gasteiger partial charge in [0.15, 0.2) is 0 Å². The average molecular weight is 325 g/mol. The normalized spacial score (nSPS) is 12.0. The van der Waals surface area contributed by atoms with Crippen LogP contribution in [0.15, 0.2) is 66.7 Å². The molecule has 1 aromatic heterocycles. The number of hydrogen-bond donors (Lipinski definition) is 0. The van der Waals surface area contributed by atoms with E-state index in [0.29, 0.717) is 0 Å². The summed E-state index contributed by atoms with van der Waals surface area (Å²) in [5, 5.41) is 3.79. The van der Waals surface area contributed by atoms with Gasteiger partial charge in [0.1, 0.15) is 0 Å². The van der Waals surface area contributed by atoms with Crippen LogP contribution in [-0.4, -0.2) is 4.98 Å². The number of aryl methyl sites for hydroxylation is 1. The second-order valence-electron chi connectivity index (χ2n) is 7.89. The molecule has 0 unspecified atom stereocenters. The van der Waals surface area contributed by atoms with E-state index in [0.717, 1.165) is 11.2 Å². The molecular formula is C24H23N. The van der Waals surface area contributed by atoms with Crippen LogP contribution in [0.2, 0.25) is 0 Å². The standard InChI is InChI=1S/C24H23N/c1-16-9-10-17-11-12-22(25-23(17)13-16)19-14-18-7-5-6-8-20(18)21(15-19)24(2,3)4/h5-15H,1-4H3. The van der Waals surface area contributed by atoms with Crippen LogP contribution in [-0.2, 0) is 5.41 Å². The Bertz CT molecular complexity index is 1080. The predicted octanol–water partition coefficient (Wildman–Crippen LogP) is 6.66. The molecule has 1 heterocycles. The number of rotatable bonds is 1. The molecule has 0 N–H and O–H groups in total. The van der Waals surface area contributed by atoms with Crippen LogP contribution in [0.1, 0.15) is 31.9 Å². The topological polar surface area (TPSA) is 12.9 Å². The van der Waals surface area contributed by atoms with Crippen LogP contribution in [0.4, 0.5) is 0 Å². The number of hydrogen-bond acceptors (Lipinski definition) is 1. The Morgan fingerprint density at radius 2 is 1.52 bits per heavy atom. The van der Waals surface area contributed by atoms with Crippen molar-refractivity contribution in [2.45, 2.75) is 33.1 Å². The fourth-order valence-electron chi connectivity index (χ4n) is 3.47. The van der Waals surface area contributed by atoms with E-state index in [2.05, 4.69) is 94.4 Å². The third-order valence-electron chi connectivity index (χ3n) is 4.81. The highest BCUT2D eigenvalue weighted by Gasteiger charge is 2.18. The van der Waals surface area contributed by atoms with Crippen LogP contribution >= 0.6 is 0 Å². The second-order valence-corrected chi connectivity index (χ2v) is 7.89. The Morgan fingerprint density at radius 1 is 0.760 bits per heavy atom. The van der Waals surface area contributed by atoms with Crippen molar-refractivity contribution in [3.8, 4) is 11.3 Å². The lowest BCUT2D eigenvalue weighted by Gasteiger charge is -2.22. The van der Waals surface area contributed by atoms with Gasteiger partial charge in [0.2, 0.25) is 0 Å². The smallest absolute Gasteiger partial charge is 0.0712 e. The largest absolute Gasteiger partial charge is 0.248 e. The van der Waals surface area contributed by atoms with Crippen molar-refractivity contribution in [2.75, 3.05) is 0 Å². The Kier molecular flexibility index (Phi) is 3.61. The molecule has 0 spiro atoms. The molecule has 4 aromatic rings. The molecular weight excluding hydrogens is 302 g/mol. The maximum atomic E-state index is 4.94. The van der Waals surface area contributed by atoms with E-state index in [1.54, 1.807) is 0 Å². The first-order chi connectivity index (χ1) is 11.9. The Balaban J connectivity index is 1.98. The molecule has 0 fully saturated rings. The molecule has 1 nitrogen and oxygen atoms in total. The van der Waals surface area contributed by atoms with E-state index in [1.165, 1.54) is 32.8 Å². The summed E-state index contributed by atoms with van der Waals surface area (Å²) in [5.74, 6) is 0. The van der Waals surface area contributed by atoms with Crippen molar-refractivity contribution < 1.29 is 0 Å². The van der Waals surface area contributed by atoms with Crippen LogP contribution in [0, 0.1) is 6.92 Å². The zero-order chi connectivity index (χ0) is 17.6. The van der Waals surface area contributed by atoms with Gasteiger partial charge in [-0.2, -0.15) is 0 Å². The highest BCUT2D eigenvalue weighted by Crippen LogP contribution is 2.34. The minimum absolute atomic E-state index is 0.0864. The lowest BCUT2D eigenvalue weighted by Crippen LogP contribution is -2.12. The average Bonchev–Trinajstić information content (AvgIpc) is 2.59. The number of nitrogens with zero attached hydrogens (tertiary/aromatic N) is 1. The molecule has 0 aliphatic carbocycles. The van der Waals surface area contributed by atoms with Crippen LogP contribution in [0.3, 0.4) is 0 Å². The molecule has 0 bridgehead atoms. The monoisotopic (exact) mass is 325 g/mol. The maximum absolute atomic E-state index is 4.94. The summed E-state index contributed by atoms with van der Waals surface area (Å²) in [6, 6.07) is 23.9. The van der Waals surface area contributed by atoms with Crippen molar-refractivity contribution in [2.24, 2.45) is 0 Å². The van der Waals surface area contributed by atoms with Crippen molar-refractivity contribution >= 4 is 21.7 Å². The van der Waals surface area contributed by atoms with Crippen molar-refractivity contribution in [3.63, 3.8) is 0 Å². The summed E-state index contributed by atoms with van der Waals surface area (Å²) in [6.07, 6.45) is 0. The molecule has 1 heteroatoms. The van der Waals surface area contributed by atoms with Gasteiger partial charge in [-0.3, -0.25) is 0 Å². The van der Waals surface area contributed by atoms with E-state index in [-0.39, 0.29) is 5.41 Å². The van der Waals surface area contributed by atoms with Crippen LogP contribution in [0.25, 0.3) is 32.9 Å². The predicted molar refractivity (Wildman–Crippen MR) is 108 cm³/mol. The van der Waals surface area contributed by atoms with Gasteiger partial charge in [0.05, 0.1) is 11.2 Å². The summed E-state index contributed by atoms with van der Waals surface area (Å²) >= 11 is 0. The zero-order valence-electron chi connectivity index (χ0n) is 15.3. The Labute approximate surface area is 149 Å². The summed E-state index contributed by atoms with van der Waals surface area (Å²) in [4.78, 5) is 4.94. The number of pyridine rings is 1. The van der Waals surface area contributed by atoms with E-state index >= 15 is 0 Å². The molecule has 0 aliphatic heterocycles. The van der Waals surface area contributed by atoms with E-state index in [1.807, 2.05) is 0 Å². The first-order valence-corrected chi connectivity index (χ1v) is 8.83. The first kappa shape index (κ1) is 15.8. The maximum Gasteiger partial charge on any atom is 0.0712 e. The molecule has 25 heavy (non-hydrogen) atoms. The quantitative estimate of drug-likeness (QED) is 0.381. The molecule has 3 aromatic carbocycles. The summed E-state index contributed by atoms with van der Waals surface area (Å²) in [7, 11) is 0. The van der Waals surface area contributed by atoms with Crippen LogP contribution in [0.5, 0.6) is 0 Å². The molecule has 0 amide bonds. The van der Waals surface area contributed by atoms with Gasteiger partial charge in [0.25, 0.3) is 0 Å². The second kappa shape index (κ2) is 5.70. The highest BCUT2D eigenvalue weighted by molar-refractivity contribution is 5.91. The first-order valence-electron chi connectivity index (χ1n) is 8.83. The summed E-state index contributed by atoms with van der Waals surface area (Å²) in [6.45, 7) is 8.93. The molecule has 0 atom stereocenters. The van der Waals surface area contributed by atoms with Crippen LogP contribution < -0.4 is 0 Å². The van der Waals surface area contributed by atoms with E-state index < -0.39 is 0 Å². The van der Waals surface area contributed by atoms with Crippen molar-refractivity contribution in [1.82, 2.24) is 4.98 Å². The number of aromatic nitrogens is 1. The van der Waals surface area contributed by atoms with Gasteiger partial charge < -0.3 is 0 Å². The van der Waals surface area contributed by atoms with Gasteiger partial charge >= 0.3 is 0 Å². The molecule has 0 saturated heterocycles. The van der Waals surface area contributed by atoms with Gasteiger partial charge in [0, 0.05) is 10.9 Å². The van der Waals surface area contributed by atoms with Gasteiger partial charge in [-0.25, -0.2) is 4.98 Å². The lowest BCUT2D eigenvalue weighted by atomic mass is 9.82. The summed E-state index contributed by atoms with van der Waals surface area (Å²) < 4.78 is 0. The Hall–Kier alpha value is -2.67. The Morgan fingerprint density at radius 3 is 2.32 bits per heavy atom. The third kappa shape index (κ3) is 2.91. The lowest BCUT2D eigenvalue weighted by molar-refractivity contribution is 0.596. The third-order valence-corrected chi connectivity index (χ3v) is 4.81. The zero-order valence-corrected chi connectivity index (χ0v) is 15.3. The van der Waals surface area contributed by atoms with Gasteiger partial charge in [-0.15, -0.1) is 0 Å². The van der Waals surface area contributed by atoms with E-state index in [9.17, 15) is 0 Å². The van der Waals surface area contributed by atoms with Crippen molar-refractivity contribution in [1.29, 1.82) is 0 Å². The highest BCUT2D eigenvalue weighted by atomic mass is 14.7. The number of benzene rings is 3. The molecule has 124 valence electrons. The molecule has 4 rings (SSSR count). The van der Waals surface area contributed by atoms with E-state index in [4.69, 9.17) is 4.98 Å². The molecule has 0 saturated carbocycles. The summed E-state index contributed by atoms with van der Waals surface area (Å²) in [5.41, 5.74) is 5.98.